The highest BCUT2D eigenvalue weighted by Gasteiger charge is 2.35. The summed E-state index contributed by atoms with van der Waals surface area (Å²) in [7, 11) is 0. The van der Waals surface area contributed by atoms with Crippen molar-refractivity contribution in [3.8, 4) is 28.4 Å². The van der Waals surface area contributed by atoms with Gasteiger partial charge in [-0.15, -0.1) is 0 Å². The molecule has 3 aromatic heterocycles. The molecule has 0 unspecified atom stereocenters. The van der Waals surface area contributed by atoms with Gasteiger partial charge in [0, 0.05) is 37.4 Å². The molecule has 1 aromatic carbocycles. The number of benzene rings is 1. The summed E-state index contributed by atoms with van der Waals surface area (Å²) in [5.74, 6) is -4.37. The van der Waals surface area contributed by atoms with Crippen LogP contribution >= 0.6 is 11.6 Å². The number of halogens is 3. The van der Waals surface area contributed by atoms with Crippen LogP contribution in [0.1, 0.15) is 44.8 Å². The van der Waals surface area contributed by atoms with Crippen molar-refractivity contribution in [2.45, 2.75) is 45.7 Å². The van der Waals surface area contributed by atoms with Crippen LogP contribution in [-0.4, -0.2) is 84.1 Å². The average molecular weight is 649 g/mol. The van der Waals surface area contributed by atoms with Gasteiger partial charge in [0.25, 0.3) is 0 Å². The van der Waals surface area contributed by atoms with Gasteiger partial charge < -0.3 is 29.9 Å². The molecule has 0 bridgehead atoms. The zero-order valence-electron chi connectivity index (χ0n) is 28.4. The van der Waals surface area contributed by atoms with Crippen molar-refractivity contribution in [1.29, 1.82) is 0 Å². The van der Waals surface area contributed by atoms with Crippen LogP contribution in [0.5, 0.6) is 11.5 Å². The molecular weight excluding hydrogens is 614 g/mol. The summed E-state index contributed by atoms with van der Waals surface area (Å²) in [6.45, 7) is -0.0367. The number of rotatable bonds is 7. The highest BCUT2D eigenvalue weighted by atomic mass is 35.5. The highest BCUT2D eigenvalue weighted by Crippen LogP contribution is 2.41. The Morgan fingerprint density at radius 2 is 1.89 bits per heavy atom. The van der Waals surface area contributed by atoms with Gasteiger partial charge in [-0.3, -0.25) is 4.98 Å². The van der Waals surface area contributed by atoms with Crippen molar-refractivity contribution in [3.05, 3.63) is 63.3 Å². The van der Waals surface area contributed by atoms with Crippen LogP contribution in [0.25, 0.3) is 28.0 Å². The summed E-state index contributed by atoms with van der Waals surface area (Å²) in [5, 5.41) is 29.9. The number of phenols is 1. The first kappa shape index (κ1) is 26.8. The summed E-state index contributed by atoms with van der Waals surface area (Å²) in [4.78, 5) is 42.1. The predicted octanol–water partition coefficient (Wildman–Crippen LogP) is 4.55. The van der Waals surface area contributed by atoms with Crippen LogP contribution in [0.15, 0.2) is 35.3 Å². The molecule has 238 valence electrons. The lowest BCUT2D eigenvalue weighted by molar-refractivity contribution is 0.114. The summed E-state index contributed by atoms with van der Waals surface area (Å²) >= 11 is 6.62. The molecule has 12 nitrogen and oxygen atoms in total. The maximum Gasteiger partial charge on any atom is 0.407 e. The molecule has 0 radical (unpaired) electrons. The number of fused-ring (bicyclic) bond motifs is 1. The molecule has 1 aliphatic heterocycles. The number of carbonyl (C=O) groups is 1. The Bertz CT molecular complexity index is 2030. The highest BCUT2D eigenvalue weighted by molar-refractivity contribution is 6.34. The first-order chi connectivity index (χ1) is 22.7. The third-order valence-electron chi connectivity index (χ3n) is 7.51. The van der Waals surface area contributed by atoms with E-state index in [4.69, 9.17) is 21.8 Å². The number of nitrogens with zero attached hydrogens (tertiary/aromatic N) is 6. The minimum atomic E-state index is -3.52. The normalized spacial score (nSPS) is 18.9. The average Bonchev–Trinajstić information content (AvgIpc) is 2.99. The molecule has 2 atom stereocenters. The number of hydrogen-bond acceptors (Lipinski definition) is 9. The lowest BCUT2D eigenvalue weighted by atomic mass is 10.1. The molecule has 1 amide bonds. The van der Waals surface area contributed by atoms with Gasteiger partial charge in [-0.05, 0) is 38.0 Å². The molecule has 1 saturated heterocycles. The Kier molecular flexibility index (Phi) is 7.41. The molecule has 45 heavy (non-hydrogen) atoms. The molecule has 3 N–H and O–H groups in total. The van der Waals surface area contributed by atoms with Crippen molar-refractivity contribution >= 4 is 34.5 Å². The molecule has 0 aliphatic carbocycles. The third kappa shape index (κ3) is 5.71. The molecule has 0 spiro atoms. The molecule has 4 heterocycles. The summed E-state index contributed by atoms with van der Waals surface area (Å²) in [6.07, 6.45) is 0.0727. The van der Waals surface area contributed by atoms with Gasteiger partial charge in [0.05, 0.1) is 39.4 Å². The maximum absolute atomic E-state index is 15.2. The van der Waals surface area contributed by atoms with Crippen LogP contribution in [0.4, 0.5) is 19.4 Å². The van der Waals surface area contributed by atoms with E-state index in [0.29, 0.717) is 6.07 Å². The Morgan fingerprint density at radius 1 is 1.18 bits per heavy atom. The van der Waals surface area contributed by atoms with Crippen molar-refractivity contribution < 1.29 is 39.1 Å². The van der Waals surface area contributed by atoms with Gasteiger partial charge in [-0.1, -0.05) is 25.4 Å². The first-order valence-corrected chi connectivity index (χ1v) is 14.1. The zero-order valence-corrected chi connectivity index (χ0v) is 25.2. The second kappa shape index (κ2) is 12.4. The Hall–Kier alpha value is -4.56. The van der Waals surface area contributed by atoms with Crippen LogP contribution in [-0.2, 0) is 0 Å². The van der Waals surface area contributed by atoms with Gasteiger partial charge in [-0.25, -0.2) is 27.9 Å². The van der Waals surface area contributed by atoms with E-state index >= 15 is 4.39 Å². The quantitative estimate of drug-likeness (QED) is 0.260. The van der Waals surface area contributed by atoms with Crippen molar-refractivity contribution in [2.24, 2.45) is 0 Å². The van der Waals surface area contributed by atoms with Crippen molar-refractivity contribution in [2.75, 3.05) is 31.1 Å². The van der Waals surface area contributed by atoms with E-state index in [-0.39, 0.29) is 46.3 Å². The number of ether oxygens (including phenoxy) is 1. The summed E-state index contributed by atoms with van der Waals surface area (Å²) in [5.41, 5.74) is -2.73. The number of phenolic OH excluding ortho intramolecular Hbond substituents is 1. The molecule has 0 saturated carbocycles. The molecule has 1 aliphatic rings. The number of hydrogen-bond donors (Lipinski definition) is 3. The first-order valence-electron chi connectivity index (χ1n) is 15.7. The fourth-order valence-corrected chi connectivity index (χ4v) is 5.66. The van der Waals surface area contributed by atoms with Gasteiger partial charge >= 0.3 is 11.8 Å². The fraction of sp³-hybridized carbons (Fsp3) is 0.367. The zero-order chi connectivity index (χ0) is 36.3. The minimum Gasteiger partial charge on any atom is -0.504 e. The lowest BCUT2D eigenvalue weighted by Crippen LogP contribution is -2.58. The number of carboxylic acid groups (broad SMARTS) is 1. The molecule has 4 aromatic rings. The standard InChI is InChI=1S/C30H31ClF2N6O6/c1-14(2)23-25(21(7-8-34-23)45-10-9-40)39-28-17(11-18(31)24(35-28)22-19(32)5-6-20(33)26(22)41)27(36-29(39)42)37-12-16(4)38(30(43)44)13-15(37)3/h5-8,11,14-16,40-41H,9-10,12-13H2,1-4H3,(H,43,44)/t15-,16+/m0/s1/i9D2,10D2. The minimum absolute atomic E-state index is 0.00463. The SMILES string of the molecule is [2H]C([2H])(O)C([2H])([2H])Oc1ccnc(C(C)C)c1-n1c(=O)nc(N2C[C@@H](C)N(C(=O)O)C[C@@H]2C)c2cc(Cl)c(-c3c(F)ccc(F)c3O)nc21. The number of piperazine rings is 1. The lowest BCUT2D eigenvalue weighted by Gasteiger charge is -2.43. The molecular formula is C30H31ClF2N6O6. The van der Waals surface area contributed by atoms with E-state index in [1.54, 1.807) is 32.6 Å². The monoisotopic (exact) mass is 648 g/mol. The number of anilines is 1. The van der Waals surface area contributed by atoms with Crippen molar-refractivity contribution in [3.63, 3.8) is 0 Å². The third-order valence-corrected chi connectivity index (χ3v) is 7.80. The van der Waals surface area contributed by atoms with E-state index in [1.165, 1.54) is 17.2 Å². The van der Waals surface area contributed by atoms with E-state index in [0.717, 1.165) is 16.7 Å². The Morgan fingerprint density at radius 3 is 2.56 bits per heavy atom. The Labute approximate surface area is 266 Å². The summed E-state index contributed by atoms with van der Waals surface area (Å²) in [6, 6.07) is 2.74. The molecule has 1 fully saturated rings. The largest absolute Gasteiger partial charge is 0.504 e. The number of aliphatic hydroxyl groups is 1. The van der Waals surface area contributed by atoms with E-state index in [9.17, 15) is 29.3 Å². The van der Waals surface area contributed by atoms with Gasteiger partial charge in [0.15, 0.2) is 17.2 Å². The summed E-state index contributed by atoms with van der Waals surface area (Å²) < 4.78 is 67.2. The number of aromatic nitrogens is 4. The molecule has 15 heteroatoms. The van der Waals surface area contributed by atoms with Crippen LogP contribution in [0.2, 0.25) is 5.02 Å². The van der Waals surface area contributed by atoms with E-state index in [2.05, 4.69) is 15.0 Å². The Balaban J connectivity index is 1.91. The number of aromatic hydroxyl groups is 1. The van der Waals surface area contributed by atoms with Gasteiger partial charge in [-0.2, -0.15) is 4.98 Å². The van der Waals surface area contributed by atoms with Gasteiger partial charge in [0.2, 0.25) is 0 Å². The predicted molar refractivity (Wildman–Crippen MR) is 163 cm³/mol. The fourth-order valence-electron chi connectivity index (χ4n) is 5.41. The second-order valence-corrected chi connectivity index (χ2v) is 11.2. The second-order valence-electron chi connectivity index (χ2n) is 10.8. The number of amides is 1. The molecule has 5 rings (SSSR count). The topological polar surface area (TPSA) is 154 Å². The van der Waals surface area contributed by atoms with Crippen LogP contribution in [0.3, 0.4) is 0 Å². The van der Waals surface area contributed by atoms with Crippen molar-refractivity contribution in [1.82, 2.24) is 24.4 Å². The van der Waals surface area contributed by atoms with E-state index in [1.807, 2.05) is 0 Å². The smallest absolute Gasteiger partial charge is 0.407 e. The number of pyridine rings is 2. The van der Waals surface area contributed by atoms with Crippen LogP contribution in [0, 0.1) is 11.6 Å². The maximum atomic E-state index is 15.2. The van der Waals surface area contributed by atoms with E-state index < -0.39 is 77.3 Å². The van der Waals surface area contributed by atoms with Crippen LogP contribution < -0.4 is 15.3 Å². The van der Waals surface area contributed by atoms with Gasteiger partial charge in [0.1, 0.15) is 29.6 Å².